The van der Waals surface area contributed by atoms with Crippen molar-refractivity contribution in [1.82, 2.24) is 14.2 Å². The molecule has 0 aliphatic heterocycles. The number of nitrogens with zero attached hydrogens (tertiary/aromatic N) is 4. The van der Waals surface area contributed by atoms with Gasteiger partial charge in [-0.3, -0.25) is 14.9 Å². The standard InChI is InChI=1S/C20H17F2N5O6/c1-2-3-7-32-19-16(5-4-6-24-19)33-17-10-14(13(22)9-15(17)27(30)31)25-18(28)8-12(11-21)26(23)20(25)29/h2,4-6,8-10H,1,3,7,11,23H2. The molecule has 0 bridgehead atoms. The molecular weight excluding hydrogens is 444 g/mol. The van der Waals surface area contributed by atoms with Crippen molar-refractivity contribution in [3.8, 4) is 23.1 Å². The Balaban J connectivity index is 2.16. The van der Waals surface area contributed by atoms with Gasteiger partial charge in [-0.15, -0.1) is 6.58 Å². The van der Waals surface area contributed by atoms with Crippen LogP contribution in [0.4, 0.5) is 14.5 Å². The van der Waals surface area contributed by atoms with E-state index in [9.17, 15) is 28.5 Å². The van der Waals surface area contributed by atoms with Crippen molar-refractivity contribution < 1.29 is 23.2 Å². The van der Waals surface area contributed by atoms with E-state index >= 15 is 0 Å². The third kappa shape index (κ3) is 4.71. The molecule has 13 heteroatoms. The fourth-order valence-electron chi connectivity index (χ4n) is 2.77. The summed E-state index contributed by atoms with van der Waals surface area (Å²) in [6.07, 6.45) is 3.49. The Hall–Kier alpha value is -4.55. The summed E-state index contributed by atoms with van der Waals surface area (Å²) in [7, 11) is 0. The molecule has 0 aliphatic carbocycles. The number of pyridine rings is 1. The molecule has 2 N–H and O–H groups in total. The van der Waals surface area contributed by atoms with Crippen molar-refractivity contribution in [2.24, 2.45) is 0 Å². The first-order valence-corrected chi connectivity index (χ1v) is 9.32. The summed E-state index contributed by atoms with van der Waals surface area (Å²) in [5.41, 5.74) is -4.27. The molecule has 0 aliphatic rings. The van der Waals surface area contributed by atoms with Gasteiger partial charge in [0.1, 0.15) is 6.67 Å². The molecule has 0 radical (unpaired) electrons. The minimum atomic E-state index is -1.28. The largest absolute Gasteiger partial charge is 0.475 e. The Morgan fingerprint density at radius 3 is 2.70 bits per heavy atom. The van der Waals surface area contributed by atoms with Crippen LogP contribution in [0.25, 0.3) is 5.69 Å². The fraction of sp³-hybridized carbons (Fsp3) is 0.150. The molecule has 0 spiro atoms. The zero-order valence-electron chi connectivity index (χ0n) is 16.9. The molecule has 2 aromatic heterocycles. The van der Waals surface area contributed by atoms with Crippen LogP contribution in [0.2, 0.25) is 0 Å². The van der Waals surface area contributed by atoms with Crippen molar-refractivity contribution >= 4 is 5.69 Å². The first-order valence-electron chi connectivity index (χ1n) is 9.32. The number of halogens is 2. The number of nitrogen functional groups attached to an aromatic ring is 1. The van der Waals surface area contributed by atoms with Crippen molar-refractivity contribution in [3.63, 3.8) is 0 Å². The Morgan fingerprint density at radius 1 is 1.27 bits per heavy atom. The minimum absolute atomic E-state index is 0.00620. The van der Waals surface area contributed by atoms with Crippen LogP contribution < -0.4 is 26.6 Å². The SMILES string of the molecule is C=CCCOc1ncccc1Oc1cc(-n2c(=O)cc(CF)n(N)c2=O)c(F)cc1[N+](=O)[O-]. The van der Waals surface area contributed by atoms with Crippen LogP contribution in [0.5, 0.6) is 17.4 Å². The number of rotatable bonds is 9. The second-order valence-electron chi connectivity index (χ2n) is 6.46. The maximum atomic E-state index is 14.7. The van der Waals surface area contributed by atoms with Crippen LogP contribution in [0.3, 0.4) is 0 Å². The number of nitro benzene ring substituents is 1. The maximum absolute atomic E-state index is 14.7. The summed E-state index contributed by atoms with van der Waals surface area (Å²) in [6, 6.07) is 4.84. The number of hydrogen-bond donors (Lipinski definition) is 1. The van der Waals surface area contributed by atoms with E-state index in [1.807, 2.05) is 0 Å². The zero-order valence-corrected chi connectivity index (χ0v) is 16.9. The number of aromatic nitrogens is 3. The van der Waals surface area contributed by atoms with E-state index in [-0.39, 0.29) is 18.2 Å². The molecule has 0 atom stereocenters. The van der Waals surface area contributed by atoms with Crippen LogP contribution in [0.15, 0.2) is 58.8 Å². The number of nitrogens with two attached hydrogens (primary N) is 1. The van der Waals surface area contributed by atoms with Gasteiger partial charge in [0.2, 0.25) is 5.75 Å². The molecule has 33 heavy (non-hydrogen) atoms. The van der Waals surface area contributed by atoms with Gasteiger partial charge in [-0.25, -0.2) is 27.8 Å². The quantitative estimate of drug-likeness (QED) is 0.168. The van der Waals surface area contributed by atoms with Crippen LogP contribution in [0.1, 0.15) is 12.1 Å². The van der Waals surface area contributed by atoms with Gasteiger partial charge in [0.25, 0.3) is 11.4 Å². The Morgan fingerprint density at radius 2 is 2.03 bits per heavy atom. The molecule has 0 unspecified atom stereocenters. The summed E-state index contributed by atoms with van der Waals surface area (Å²) in [4.78, 5) is 39.4. The van der Waals surface area contributed by atoms with Crippen molar-refractivity contribution in [2.75, 3.05) is 12.4 Å². The van der Waals surface area contributed by atoms with Gasteiger partial charge in [0.05, 0.1) is 29.0 Å². The normalized spacial score (nSPS) is 10.6. The highest BCUT2D eigenvalue weighted by molar-refractivity contribution is 5.56. The van der Waals surface area contributed by atoms with E-state index in [0.29, 0.717) is 27.8 Å². The van der Waals surface area contributed by atoms with Crippen molar-refractivity contribution in [1.29, 1.82) is 0 Å². The lowest BCUT2D eigenvalue weighted by atomic mass is 10.2. The van der Waals surface area contributed by atoms with Crippen LogP contribution in [0, 0.1) is 15.9 Å². The molecule has 0 fully saturated rings. The monoisotopic (exact) mass is 461 g/mol. The molecule has 0 amide bonds. The first-order chi connectivity index (χ1) is 15.8. The third-order valence-corrected chi connectivity index (χ3v) is 4.34. The number of nitro groups is 1. The van der Waals surface area contributed by atoms with E-state index in [1.54, 1.807) is 6.08 Å². The Kier molecular flexibility index (Phi) is 6.81. The second kappa shape index (κ2) is 9.72. The summed E-state index contributed by atoms with van der Waals surface area (Å²) in [6.45, 7) is 2.54. The molecule has 1 aromatic carbocycles. The second-order valence-corrected chi connectivity index (χ2v) is 6.46. The van der Waals surface area contributed by atoms with E-state index in [4.69, 9.17) is 15.3 Å². The fourth-order valence-corrected chi connectivity index (χ4v) is 2.77. The van der Waals surface area contributed by atoms with Gasteiger partial charge in [-0.2, -0.15) is 0 Å². The van der Waals surface area contributed by atoms with Crippen molar-refractivity contribution in [3.05, 3.63) is 91.6 Å². The summed E-state index contributed by atoms with van der Waals surface area (Å²) in [5.74, 6) is 3.64. The highest BCUT2D eigenvalue weighted by Gasteiger charge is 2.24. The molecule has 11 nitrogen and oxygen atoms in total. The average molecular weight is 461 g/mol. The predicted molar refractivity (Wildman–Crippen MR) is 112 cm³/mol. The lowest BCUT2D eigenvalue weighted by Gasteiger charge is -2.14. The lowest BCUT2D eigenvalue weighted by Crippen LogP contribution is -2.43. The minimum Gasteiger partial charge on any atom is -0.475 e. The molecule has 3 aromatic rings. The molecule has 0 saturated heterocycles. The van der Waals surface area contributed by atoms with Crippen LogP contribution >= 0.6 is 0 Å². The van der Waals surface area contributed by atoms with Gasteiger partial charge in [-0.05, 0) is 18.6 Å². The van der Waals surface area contributed by atoms with E-state index in [0.717, 1.165) is 6.07 Å². The van der Waals surface area contributed by atoms with Gasteiger partial charge >= 0.3 is 11.4 Å². The van der Waals surface area contributed by atoms with Crippen molar-refractivity contribution in [2.45, 2.75) is 13.1 Å². The average Bonchev–Trinajstić information content (AvgIpc) is 2.79. The number of ether oxygens (including phenoxy) is 2. The number of benzene rings is 1. The molecular formula is C20H17F2N5O6. The van der Waals surface area contributed by atoms with Crippen LogP contribution in [-0.4, -0.2) is 25.8 Å². The maximum Gasteiger partial charge on any atom is 0.354 e. The molecule has 2 heterocycles. The topological polar surface area (TPSA) is 145 Å². The highest BCUT2D eigenvalue weighted by Crippen LogP contribution is 2.37. The lowest BCUT2D eigenvalue weighted by molar-refractivity contribution is -0.385. The van der Waals surface area contributed by atoms with Gasteiger partial charge < -0.3 is 15.3 Å². The molecule has 3 rings (SSSR count). The van der Waals surface area contributed by atoms with E-state index in [2.05, 4.69) is 11.6 Å². The predicted octanol–water partition coefficient (Wildman–Crippen LogP) is 2.37. The van der Waals surface area contributed by atoms with Crippen LogP contribution in [-0.2, 0) is 6.67 Å². The van der Waals surface area contributed by atoms with E-state index < -0.39 is 51.5 Å². The molecule has 0 saturated carbocycles. The zero-order chi connectivity index (χ0) is 24.1. The van der Waals surface area contributed by atoms with Gasteiger partial charge in [-0.1, -0.05) is 6.08 Å². The van der Waals surface area contributed by atoms with E-state index in [1.165, 1.54) is 18.3 Å². The summed E-state index contributed by atoms with van der Waals surface area (Å²) in [5, 5.41) is 11.5. The highest BCUT2D eigenvalue weighted by atomic mass is 19.1. The Bertz CT molecular complexity index is 1340. The Labute approximate surface area is 184 Å². The summed E-state index contributed by atoms with van der Waals surface area (Å²) >= 11 is 0. The molecule has 172 valence electrons. The first kappa shape index (κ1) is 23.1. The smallest absolute Gasteiger partial charge is 0.354 e. The van der Waals surface area contributed by atoms with Gasteiger partial charge in [0.15, 0.2) is 11.6 Å². The third-order valence-electron chi connectivity index (χ3n) is 4.34. The number of hydrogen-bond acceptors (Lipinski definition) is 8. The number of alkyl halides is 1. The summed E-state index contributed by atoms with van der Waals surface area (Å²) < 4.78 is 39.4. The van der Waals surface area contributed by atoms with Gasteiger partial charge in [0, 0.05) is 18.3 Å².